The molecule has 1 spiro atoms. The molecule has 2 aliphatic heterocycles. The monoisotopic (exact) mass is 422 g/mol. The molecule has 1 unspecified atom stereocenters. The van der Waals surface area contributed by atoms with E-state index in [9.17, 15) is 0 Å². The Kier molecular flexibility index (Phi) is 6.42. The molecule has 0 bridgehead atoms. The van der Waals surface area contributed by atoms with Crippen LogP contribution in [-0.4, -0.2) is 59.3 Å². The Bertz CT molecular complexity index is 821. The Morgan fingerprint density at radius 1 is 1.00 bits per heavy atom. The minimum atomic E-state index is 0.290. The average molecular weight is 423 g/mol. The normalized spacial score (nSPS) is 25.4. The molecule has 3 aliphatic rings. The Labute approximate surface area is 187 Å². The van der Waals surface area contributed by atoms with E-state index in [1.807, 2.05) is 6.92 Å². The highest BCUT2D eigenvalue weighted by atomic mass is 16.4. The van der Waals surface area contributed by atoms with Gasteiger partial charge in [-0.3, -0.25) is 0 Å². The minimum Gasteiger partial charge on any atom is -0.425 e. The zero-order chi connectivity index (χ0) is 21.1. The topological polar surface area (TPSA) is 45.4 Å². The number of rotatable bonds is 6. The third-order valence-electron chi connectivity index (χ3n) is 8.21. The maximum atomic E-state index is 5.99. The van der Waals surface area contributed by atoms with Crippen LogP contribution in [0.25, 0.3) is 0 Å². The van der Waals surface area contributed by atoms with Gasteiger partial charge in [-0.2, -0.15) is 0 Å². The second kappa shape index (κ2) is 9.41. The standard InChI is InChI=1S/C26H38N4O/c1-21-27-28-25(31-21)24-19-30(15-12-22-8-4-2-5-9-22)20-26(24)13-16-29(17-14-26)18-23-10-6-3-7-11-23/h2,4-5,8-9,23-24H,3,6-7,10-20H2,1H3. The summed E-state index contributed by atoms with van der Waals surface area (Å²) in [6.07, 6.45) is 10.8. The van der Waals surface area contributed by atoms with Gasteiger partial charge in [0.15, 0.2) is 0 Å². The molecule has 1 aliphatic carbocycles. The summed E-state index contributed by atoms with van der Waals surface area (Å²) in [6.45, 7) is 9.02. The molecular weight excluding hydrogens is 384 g/mol. The number of hydrogen-bond acceptors (Lipinski definition) is 5. The summed E-state index contributed by atoms with van der Waals surface area (Å²) in [6, 6.07) is 10.9. The average Bonchev–Trinajstić information content (AvgIpc) is 3.39. The van der Waals surface area contributed by atoms with Crippen molar-refractivity contribution in [2.45, 2.75) is 64.2 Å². The molecule has 1 atom stereocenters. The van der Waals surface area contributed by atoms with Crippen molar-refractivity contribution >= 4 is 0 Å². The van der Waals surface area contributed by atoms with Crippen LogP contribution < -0.4 is 0 Å². The quantitative estimate of drug-likeness (QED) is 0.676. The van der Waals surface area contributed by atoms with Gasteiger partial charge in [-0.05, 0) is 62.1 Å². The van der Waals surface area contributed by atoms with Crippen molar-refractivity contribution < 1.29 is 4.42 Å². The summed E-state index contributed by atoms with van der Waals surface area (Å²) in [5, 5.41) is 8.66. The fourth-order valence-electron chi connectivity index (χ4n) is 6.39. The van der Waals surface area contributed by atoms with Crippen molar-refractivity contribution in [2.24, 2.45) is 11.3 Å². The van der Waals surface area contributed by atoms with E-state index in [0.717, 1.165) is 31.3 Å². The van der Waals surface area contributed by atoms with Crippen molar-refractivity contribution in [1.29, 1.82) is 0 Å². The Balaban J connectivity index is 1.24. The summed E-state index contributed by atoms with van der Waals surface area (Å²) in [5.74, 6) is 2.88. The molecule has 5 nitrogen and oxygen atoms in total. The van der Waals surface area contributed by atoms with Crippen LogP contribution in [-0.2, 0) is 6.42 Å². The van der Waals surface area contributed by atoms with Crippen molar-refractivity contribution in [1.82, 2.24) is 20.0 Å². The van der Waals surface area contributed by atoms with Gasteiger partial charge in [0.1, 0.15) is 0 Å². The van der Waals surface area contributed by atoms with E-state index in [2.05, 4.69) is 50.3 Å². The van der Waals surface area contributed by atoms with Crippen molar-refractivity contribution in [3.05, 3.63) is 47.7 Å². The molecule has 5 heteroatoms. The van der Waals surface area contributed by atoms with Gasteiger partial charge in [-0.25, -0.2) is 0 Å². The number of aromatic nitrogens is 2. The van der Waals surface area contributed by atoms with Gasteiger partial charge >= 0.3 is 0 Å². The van der Waals surface area contributed by atoms with E-state index < -0.39 is 0 Å². The SMILES string of the molecule is Cc1nnc(C2CN(CCc3ccccc3)CC23CCN(CC2CCCCC2)CC3)o1. The Morgan fingerprint density at radius 3 is 2.48 bits per heavy atom. The largest absolute Gasteiger partial charge is 0.425 e. The highest BCUT2D eigenvalue weighted by Gasteiger charge is 2.50. The molecule has 0 N–H and O–H groups in total. The number of nitrogens with zero attached hydrogens (tertiary/aromatic N) is 4. The summed E-state index contributed by atoms with van der Waals surface area (Å²) < 4.78 is 5.99. The van der Waals surface area contributed by atoms with Crippen LogP contribution in [0.4, 0.5) is 0 Å². The fourth-order valence-corrected chi connectivity index (χ4v) is 6.39. The number of hydrogen-bond donors (Lipinski definition) is 0. The molecular formula is C26H38N4O. The molecule has 3 heterocycles. The van der Waals surface area contributed by atoms with Crippen LogP contribution >= 0.6 is 0 Å². The van der Waals surface area contributed by atoms with E-state index in [0.29, 0.717) is 17.2 Å². The summed E-state index contributed by atoms with van der Waals surface area (Å²) in [7, 11) is 0. The number of likely N-dealkylation sites (tertiary alicyclic amines) is 2. The molecule has 5 rings (SSSR count). The molecule has 1 saturated carbocycles. The molecule has 3 fully saturated rings. The first kappa shape index (κ1) is 21.1. The lowest BCUT2D eigenvalue weighted by Crippen LogP contribution is -2.45. The van der Waals surface area contributed by atoms with Gasteiger partial charge in [0.05, 0.1) is 5.92 Å². The smallest absolute Gasteiger partial charge is 0.221 e. The molecule has 2 saturated heterocycles. The minimum absolute atomic E-state index is 0.290. The lowest BCUT2D eigenvalue weighted by Gasteiger charge is -2.43. The first-order valence-electron chi connectivity index (χ1n) is 12.5. The van der Waals surface area contributed by atoms with E-state index in [1.165, 1.54) is 76.7 Å². The second-order valence-electron chi connectivity index (χ2n) is 10.3. The van der Waals surface area contributed by atoms with Crippen LogP contribution in [0.3, 0.4) is 0 Å². The van der Waals surface area contributed by atoms with Gasteiger partial charge in [-0.1, -0.05) is 49.6 Å². The molecule has 168 valence electrons. The maximum absolute atomic E-state index is 5.99. The van der Waals surface area contributed by atoms with E-state index >= 15 is 0 Å². The van der Waals surface area contributed by atoms with Crippen LogP contribution in [0.1, 0.15) is 68.2 Å². The Hall–Kier alpha value is -1.72. The number of aryl methyl sites for hydroxylation is 1. The lowest BCUT2D eigenvalue weighted by molar-refractivity contribution is 0.0750. The highest BCUT2D eigenvalue weighted by molar-refractivity contribution is 5.16. The van der Waals surface area contributed by atoms with E-state index in [4.69, 9.17) is 4.42 Å². The molecule has 0 radical (unpaired) electrons. The predicted octanol–water partition coefficient (Wildman–Crippen LogP) is 4.68. The predicted molar refractivity (Wildman–Crippen MR) is 123 cm³/mol. The molecule has 1 aromatic carbocycles. The van der Waals surface area contributed by atoms with Crippen molar-refractivity contribution in [2.75, 3.05) is 39.3 Å². The zero-order valence-corrected chi connectivity index (χ0v) is 19.1. The third kappa shape index (κ3) is 4.88. The van der Waals surface area contributed by atoms with Gasteiger partial charge in [-0.15, -0.1) is 10.2 Å². The van der Waals surface area contributed by atoms with Gasteiger partial charge in [0.2, 0.25) is 11.8 Å². The molecule has 2 aromatic rings. The van der Waals surface area contributed by atoms with Crippen LogP contribution in [0.15, 0.2) is 34.7 Å². The van der Waals surface area contributed by atoms with Crippen molar-refractivity contribution in [3.63, 3.8) is 0 Å². The number of piperidine rings is 1. The second-order valence-corrected chi connectivity index (χ2v) is 10.3. The van der Waals surface area contributed by atoms with Crippen molar-refractivity contribution in [3.8, 4) is 0 Å². The maximum Gasteiger partial charge on any atom is 0.221 e. The molecule has 31 heavy (non-hydrogen) atoms. The number of benzene rings is 1. The first-order chi connectivity index (χ1) is 15.2. The fraction of sp³-hybridized carbons (Fsp3) is 0.692. The van der Waals surface area contributed by atoms with Gasteiger partial charge in [0.25, 0.3) is 0 Å². The summed E-state index contributed by atoms with van der Waals surface area (Å²) >= 11 is 0. The van der Waals surface area contributed by atoms with Crippen LogP contribution in [0.2, 0.25) is 0 Å². The molecule has 1 aromatic heterocycles. The first-order valence-corrected chi connectivity index (χ1v) is 12.5. The molecule has 0 amide bonds. The zero-order valence-electron chi connectivity index (χ0n) is 19.1. The summed E-state index contributed by atoms with van der Waals surface area (Å²) in [5.41, 5.74) is 1.72. The summed E-state index contributed by atoms with van der Waals surface area (Å²) in [4.78, 5) is 5.41. The Morgan fingerprint density at radius 2 is 1.77 bits per heavy atom. The van der Waals surface area contributed by atoms with Gasteiger partial charge < -0.3 is 14.2 Å². The third-order valence-corrected chi connectivity index (χ3v) is 8.21. The highest BCUT2D eigenvalue weighted by Crippen LogP contribution is 2.49. The van der Waals surface area contributed by atoms with Crippen LogP contribution in [0.5, 0.6) is 0 Å². The van der Waals surface area contributed by atoms with E-state index in [-0.39, 0.29) is 0 Å². The van der Waals surface area contributed by atoms with Crippen LogP contribution in [0, 0.1) is 18.3 Å². The van der Waals surface area contributed by atoms with Gasteiger partial charge in [0, 0.05) is 33.1 Å². The van der Waals surface area contributed by atoms with E-state index in [1.54, 1.807) is 0 Å². The lowest BCUT2D eigenvalue weighted by atomic mass is 9.70.